The van der Waals surface area contributed by atoms with Crippen molar-refractivity contribution in [3.8, 4) is 0 Å². The standard InChI is InChI=1S/C11H11N3/c1-9-5-2-3-6-10(9)14-11-12-7-4-8-13-11/h2-8H,1H3,(H,12,13,14). The molecule has 3 heteroatoms. The summed E-state index contributed by atoms with van der Waals surface area (Å²) in [5, 5.41) is 3.15. The van der Waals surface area contributed by atoms with Gasteiger partial charge in [-0.25, -0.2) is 9.97 Å². The molecule has 0 spiro atoms. The van der Waals surface area contributed by atoms with Crippen LogP contribution in [0.25, 0.3) is 0 Å². The van der Waals surface area contributed by atoms with Crippen LogP contribution in [0, 0.1) is 6.92 Å². The molecule has 14 heavy (non-hydrogen) atoms. The lowest BCUT2D eigenvalue weighted by Gasteiger charge is -2.06. The summed E-state index contributed by atoms with van der Waals surface area (Å²) >= 11 is 0. The highest BCUT2D eigenvalue weighted by molar-refractivity contribution is 5.57. The van der Waals surface area contributed by atoms with Crippen molar-refractivity contribution in [1.29, 1.82) is 0 Å². The second kappa shape index (κ2) is 3.87. The van der Waals surface area contributed by atoms with Gasteiger partial charge in [-0.2, -0.15) is 0 Å². The zero-order valence-corrected chi connectivity index (χ0v) is 7.94. The highest BCUT2D eigenvalue weighted by Crippen LogP contribution is 2.16. The van der Waals surface area contributed by atoms with E-state index < -0.39 is 0 Å². The molecule has 0 aliphatic rings. The molecule has 3 nitrogen and oxygen atoms in total. The molecule has 0 radical (unpaired) electrons. The Balaban J connectivity index is 2.24. The van der Waals surface area contributed by atoms with Crippen molar-refractivity contribution in [2.24, 2.45) is 0 Å². The molecule has 2 aromatic rings. The maximum absolute atomic E-state index is 4.09. The van der Waals surface area contributed by atoms with Gasteiger partial charge in [-0.1, -0.05) is 18.2 Å². The van der Waals surface area contributed by atoms with Crippen LogP contribution in [0.2, 0.25) is 0 Å². The topological polar surface area (TPSA) is 37.8 Å². The first kappa shape index (κ1) is 8.69. The number of nitrogens with zero attached hydrogens (tertiary/aromatic N) is 2. The molecule has 0 amide bonds. The number of rotatable bonds is 2. The van der Waals surface area contributed by atoms with Gasteiger partial charge in [0, 0.05) is 18.1 Å². The number of aromatic nitrogens is 2. The molecule has 0 bridgehead atoms. The minimum Gasteiger partial charge on any atom is -0.324 e. The highest BCUT2D eigenvalue weighted by atomic mass is 15.1. The van der Waals surface area contributed by atoms with E-state index in [9.17, 15) is 0 Å². The third-order valence-electron chi connectivity index (χ3n) is 1.96. The summed E-state index contributed by atoms with van der Waals surface area (Å²) in [6, 6.07) is 9.84. The number of hydrogen-bond donors (Lipinski definition) is 1. The molecular weight excluding hydrogens is 174 g/mol. The smallest absolute Gasteiger partial charge is 0.227 e. The van der Waals surface area contributed by atoms with Crippen LogP contribution in [0.5, 0.6) is 0 Å². The zero-order valence-electron chi connectivity index (χ0n) is 7.94. The lowest BCUT2D eigenvalue weighted by atomic mass is 10.2. The quantitative estimate of drug-likeness (QED) is 0.781. The number of nitrogens with one attached hydrogen (secondary N) is 1. The van der Waals surface area contributed by atoms with Crippen LogP contribution in [-0.2, 0) is 0 Å². The Bertz CT molecular complexity index is 412. The molecule has 70 valence electrons. The Morgan fingerprint density at radius 3 is 2.43 bits per heavy atom. The SMILES string of the molecule is Cc1ccccc1Nc1ncccn1. The number of anilines is 2. The van der Waals surface area contributed by atoms with E-state index in [1.54, 1.807) is 18.5 Å². The molecule has 1 heterocycles. The van der Waals surface area contributed by atoms with E-state index in [-0.39, 0.29) is 0 Å². The predicted octanol–water partition coefficient (Wildman–Crippen LogP) is 2.53. The van der Waals surface area contributed by atoms with Gasteiger partial charge in [0.05, 0.1) is 0 Å². The van der Waals surface area contributed by atoms with Crippen molar-refractivity contribution in [3.05, 3.63) is 48.3 Å². The van der Waals surface area contributed by atoms with E-state index in [0.29, 0.717) is 5.95 Å². The third-order valence-corrected chi connectivity index (χ3v) is 1.96. The Morgan fingerprint density at radius 2 is 1.71 bits per heavy atom. The summed E-state index contributed by atoms with van der Waals surface area (Å²) in [5.74, 6) is 0.627. The van der Waals surface area contributed by atoms with Gasteiger partial charge in [-0.3, -0.25) is 0 Å². The van der Waals surface area contributed by atoms with Crippen molar-refractivity contribution >= 4 is 11.6 Å². The van der Waals surface area contributed by atoms with E-state index in [1.807, 2.05) is 31.2 Å². The fraction of sp³-hybridized carbons (Fsp3) is 0.0909. The normalized spacial score (nSPS) is 9.79. The summed E-state index contributed by atoms with van der Waals surface area (Å²) < 4.78 is 0. The van der Waals surface area contributed by atoms with Crippen molar-refractivity contribution in [2.45, 2.75) is 6.92 Å². The van der Waals surface area contributed by atoms with E-state index in [2.05, 4.69) is 15.3 Å². The summed E-state index contributed by atoms with van der Waals surface area (Å²) in [5.41, 5.74) is 2.22. The maximum Gasteiger partial charge on any atom is 0.227 e. The van der Waals surface area contributed by atoms with Gasteiger partial charge in [0.1, 0.15) is 0 Å². The van der Waals surface area contributed by atoms with Crippen LogP contribution in [0.1, 0.15) is 5.56 Å². The largest absolute Gasteiger partial charge is 0.324 e. The molecule has 1 aromatic heterocycles. The Labute approximate surface area is 82.8 Å². The number of aryl methyl sites for hydroxylation is 1. The van der Waals surface area contributed by atoms with Crippen molar-refractivity contribution < 1.29 is 0 Å². The van der Waals surface area contributed by atoms with Crippen LogP contribution in [0.15, 0.2) is 42.7 Å². The van der Waals surface area contributed by atoms with Crippen LogP contribution >= 0.6 is 0 Å². The molecule has 0 atom stereocenters. The average molecular weight is 185 g/mol. The number of hydrogen-bond acceptors (Lipinski definition) is 3. The Kier molecular flexibility index (Phi) is 2.40. The van der Waals surface area contributed by atoms with Gasteiger partial charge < -0.3 is 5.32 Å². The lowest BCUT2D eigenvalue weighted by molar-refractivity contribution is 1.16. The first-order valence-corrected chi connectivity index (χ1v) is 4.46. The molecule has 0 saturated heterocycles. The average Bonchev–Trinajstić information content (AvgIpc) is 2.23. The molecule has 1 N–H and O–H groups in total. The second-order valence-electron chi connectivity index (χ2n) is 3.01. The molecule has 0 unspecified atom stereocenters. The van der Waals surface area contributed by atoms with E-state index in [1.165, 1.54) is 5.56 Å². The number of benzene rings is 1. The Morgan fingerprint density at radius 1 is 1.00 bits per heavy atom. The van der Waals surface area contributed by atoms with Crippen LogP contribution in [-0.4, -0.2) is 9.97 Å². The fourth-order valence-electron chi connectivity index (χ4n) is 1.20. The van der Waals surface area contributed by atoms with Crippen LogP contribution in [0.4, 0.5) is 11.6 Å². The van der Waals surface area contributed by atoms with Gasteiger partial charge in [0.2, 0.25) is 5.95 Å². The monoisotopic (exact) mass is 185 g/mol. The second-order valence-corrected chi connectivity index (χ2v) is 3.01. The van der Waals surface area contributed by atoms with Gasteiger partial charge in [0.15, 0.2) is 0 Å². The summed E-state index contributed by atoms with van der Waals surface area (Å²) in [6.45, 7) is 2.05. The van der Waals surface area contributed by atoms with Crippen LogP contribution in [0.3, 0.4) is 0 Å². The van der Waals surface area contributed by atoms with Gasteiger partial charge in [-0.05, 0) is 24.6 Å². The van der Waals surface area contributed by atoms with Crippen molar-refractivity contribution in [1.82, 2.24) is 9.97 Å². The zero-order chi connectivity index (χ0) is 9.80. The molecule has 0 fully saturated rings. The fourth-order valence-corrected chi connectivity index (χ4v) is 1.20. The third kappa shape index (κ3) is 1.88. The first-order valence-electron chi connectivity index (χ1n) is 4.46. The number of para-hydroxylation sites is 1. The maximum atomic E-state index is 4.09. The highest BCUT2D eigenvalue weighted by Gasteiger charge is 1.97. The van der Waals surface area contributed by atoms with Gasteiger partial charge >= 0.3 is 0 Å². The van der Waals surface area contributed by atoms with Gasteiger partial charge in [0.25, 0.3) is 0 Å². The molecular formula is C11H11N3. The Hall–Kier alpha value is -1.90. The summed E-state index contributed by atoms with van der Waals surface area (Å²) in [4.78, 5) is 8.19. The molecule has 0 saturated carbocycles. The minimum absolute atomic E-state index is 0.627. The molecule has 0 aliphatic carbocycles. The van der Waals surface area contributed by atoms with E-state index in [4.69, 9.17) is 0 Å². The summed E-state index contributed by atoms with van der Waals surface area (Å²) in [6.07, 6.45) is 3.43. The van der Waals surface area contributed by atoms with E-state index >= 15 is 0 Å². The van der Waals surface area contributed by atoms with Crippen molar-refractivity contribution in [3.63, 3.8) is 0 Å². The van der Waals surface area contributed by atoms with Gasteiger partial charge in [-0.15, -0.1) is 0 Å². The molecule has 0 aliphatic heterocycles. The minimum atomic E-state index is 0.627. The van der Waals surface area contributed by atoms with E-state index in [0.717, 1.165) is 5.69 Å². The predicted molar refractivity (Wildman–Crippen MR) is 56.5 cm³/mol. The summed E-state index contributed by atoms with van der Waals surface area (Å²) in [7, 11) is 0. The lowest BCUT2D eigenvalue weighted by Crippen LogP contribution is -1.96. The van der Waals surface area contributed by atoms with Crippen molar-refractivity contribution in [2.75, 3.05) is 5.32 Å². The molecule has 2 rings (SSSR count). The first-order chi connectivity index (χ1) is 6.86. The van der Waals surface area contributed by atoms with Crippen LogP contribution < -0.4 is 5.32 Å². The molecule has 1 aromatic carbocycles.